The van der Waals surface area contributed by atoms with Gasteiger partial charge in [-0.05, 0) is 25.2 Å². The summed E-state index contributed by atoms with van der Waals surface area (Å²) in [7, 11) is 1.85. The first-order chi connectivity index (χ1) is 6.79. The zero-order valence-corrected chi connectivity index (χ0v) is 7.76. The summed E-state index contributed by atoms with van der Waals surface area (Å²) >= 11 is 0. The second-order valence-corrected chi connectivity index (χ2v) is 2.93. The van der Waals surface area contributed by atoms with E-state index in [0.717, 1.165) is 5.69 Å². The molecule has 0 spiro atoms. The fourth-order valence-electron chi connectivity index (χ4n) is 1.25. The van der Waals surface area contributed by atoms with Crippen LogP contribution in [0.1, 0.15) is 0 Å². The molecule has 0 saturated carbocycles. The maximum absolute atomic E-state index is 10.9. The minimum atomic E-state index is -0.425. The number of hydrogen-bond donors (Lipinski definition) is 3. The quantitative estimate of drug-likeness (QED) is 0.628. The van der Waals surface area contributed by atoms with Crippen molar-refractivity contribution in [2.45, 2.75) is 0 Å². The second kappa shape index (κ2) is 3.55. The van der Waals surface area contributed by atoms with Crippen LogP contribution in [0, 0.1) is 0 Å². The molecule has 2 rings (SSSR count). The molecule has 3 N–H and O–H groups in total. The number of H-pyrrole nitrogens is 1. The Hall–Kier alpha value is -1.75. The highest BCUT2D eigenvalue weighted by Crippen LogP contribution is 2.15. The topological polar surface area (TPSA) is 70.1 Å². The van der Waals surface area contributed by atoms with Gasteiger partial charge in [0.15, 0.2) is 5.58 Å². The summed E-state index contributed by atoms with van der Waals surface area (Å²) in [5, 5.41) is 6.08. The van der Waals surface area contributed by atoms with Crippen LogP contribution >= 0.6 is 0 Å². The van der Waals surface area contributed by atoms with E-state index >= 15 is 0 Å². The lowest BCUT2D eigenvalue weighted by molar-refractivity contribution is 0.555. The van der Waals surface area contributed by atoms with E-state index < -0.39 is 5.76 Å². The van der Waals surface area contributed by atoms with Crippen LogP contribution in [0.25, 0.3) is 11.1 Å². The van der Waals surface area contributed by atoms with Crippen LogP contribution in [-0.2, 0) is 0 Å². The Morgan fingerprint density at radius 2 is 2.36 bits per heavy atom. The SMILES string of the molecule is CNCNc1ccc2oc(=O)[nH]c2c1. The Labute approximate surface area is 80.1 Å². The smallest absolute Gasteiger partial charge is 0.408 e. The van der Waals surface area contributed by atoms with Crippen molar-refractivity contribution in [3.8, 4) is 0 Å². The summed E-state index contributed by atoms with van der Waals surface area (Å²) in [5.41, 5.74) is 2.21. The third-order valence-corrected chi connectivity index (χ3v) is 1.89. The average Bonchev–Trinajstić information content (AvgIpc) is 2.54. The lowest BCUT2D eigenvalue weighted by atomic mass is 10.3. The number of benzene rings is 1. The van der Waals surface area contributed by atoms with Crippen molar-refractivity contribution in [1.29, 1.82) is 0 Å². The van der Waals surface area contributed by atoms with Crippen molar-refractivity contribution in [2.24, 2.45) is 0 Å². The minimum absolute atomic E-state index is 0.425. The van der Waals surface area contributed by atoms with E-state index in [1.54, 1.807) is 6.07 Å². The summed E-state index contributed by atoms with van der Waals surface area (Å²) in [5.74, 6) is -0.425. The van der Waals surface area contributed by atoms with Gasteiger partial charge in [0.2, 0.25) is 0 Å². The number of aromatic amines is 1. The van der Waals surface area contributed by atoms with E-state index in [1.165, 1.54) is 0 Å². The average molecular weight is 193 g/mol. The standard InChI is InChI=1S/C9H11N3O2/c1-10-5-11-6-2-3-8-7(4-6)12-9(13)14-8/h2-4,10-11H,5H2,1H3,(H,12,13). The van der Waals surface area contributed by atoms with Crippen LogP contribution in [0.15, 0.2) is 27.4 Å². The van der Waals surface area contributed by atoms with Crippen LogP contribution in [0.4, 0.5) is 5.69 Å². The third kappa shape index (κ3) is 1.62. The Kier molecular flexibility index (Phi) is 2.24. The molecule has 0 saturated heterocycles. The van der Waals surface area contributed by atoms with Gasteiger partial charge in [-0.1, -0.05) is 0 Å². The van der Waals surface area contributed by atoms with Gasteiger partial charge in [0.1, 0.15) is 0 Å². The maximum atomic E-state index is 10.9. The Bertz CT molecular complexity index is 486. The molecular weight excluding hydrogens is 182 g/mol. The van der Waals surface area contributed by atoms with Crippen LogP contribution < -0.4 is 16.4 Å². The van der Waals surface area contributed by atoms with Gasteiger partial charge in [0.25, 0.3) is 0 Å². The van der Waals surface area contributed by atoms with E-state index in [4.69, 9.17) is 4.42 Å². The summed E-state index contributed by atoms with van der Waals surface area (Å²) in [6.07, 6.45) is 0. The van der Waals surface area contributed by atoms with Gasteiger partial charge >= 0.3 is 5.76 Å². The third-order valence-electron chi connectivity index (χ3n) is 1.89. The van der Waals surface area contributed by atoms with Gasteiger partial charge in [-0.15, -0.1) is 0 Å². The molecule has 5 heteroatoms. The van der Waals surface area contributed by atoms with Gasteiger partial charge in [-0.25, -0.2) is 4.79 Å². The monoisotopic (exact) mass is 193 g/mol. The molecule has 1 aromatic carbocycles. The Morgan fingerprint density at radius 1 is 1.50 bits per heavy atom. The van der Waals surface area contributed by atoms with Gasteiger partial charge in [0.05, 0.1) is 12.2 Å². The van der Waals surface area contributed by atoms with Crippen molar-refractivity contribution in [1.82, 2.24) is 10.3 Å². The molecule has 0 aliphatic rings. The molecule has 0 radical (unpaired) electrons. The number of nitrogens with one attached hydrogen (secondary N) is 3. The van der Waals surface area contributed by atoms with Crippen LogP contribution in [0.2, 0.25) is 0 Å². The molecule has 0 bridgehead atoms. The molecule has 0 aliphatic heterocycles. The van der Waals surface area contributed by atoms with E-state index in [1.807, 2.05) is 19.2 Å². The molecular formula is C9H11N3O2. The first kappa shape index (κ1) is 8.83. The van der Waals surface area contributed by atoms with Gasteiger partial charge < -0.3 is 15.1 Å². The number of rotatable bonds is 3. The second-order valence-electron chi connectivity index (χ2n) is 2.93. The van der Waals surface area contributed by atoms with Gasteiger partial charge in [0, 0.05) is 5.69 Å². The van der Waals surface area contributed by atoms with E-state index in [2.05, 4.69) is 15.6 Å². The molecule has 1 heterocycles. The highest BCUT2D eigenvalue weighted by molar-refractivity contribution is 5.76. The van der Waals surface area contributed by atoms with Crippen molar-refractivity contribution in [2.75, 3.05) is 19.0 Å². The molecule has 5 nitrogen and oxygen atoms in total. The molecule has 2 aromatic rings. The van der Waals surface area contributed by atoms with E-state index in [0.29, 0.717) is 17.8 Å². The van der Waals surface area contributed by atoms with Crippen LogP contribution in [0.5, 0.6) is 0 Å². The lowest BCUT2D eigenvalue weighted by Gasteiger charge is -2.03. The van der Waals surface area contributed by atoms with E-state index in [-0.39, 0.29) is 0 Å². The Balaban J connectivity index is 2.35. The van der Waals surface area contributed by atoms with Crippen LogP contribution in [-0.4, -0.2) is 18.7 Å². The normalized spacial score (nSPS) is 10.6. The lowest BCUT2D eigenvalue weighted by Crippen LogP contribution is -2.16. The molecule has 1 aromatic heterocycles. The highest BCUT2D eigenvalue weighted by Gasteiger charge is 2.00. The molecule has 0 amide bonds. The number of hydrogen-bond acceptors (Lipinski definition) is 4. The predicted molar refractivity (Wildman–Crippen MR) is 54.4 cm³/mol. The van der Waals surface area contributed by atoms with Gasteiger partial charge in [-0.2, -0.15) is 0 Å². The van der Waals surface area contributed by atoms with Crippen molar-refractivity contribution < 1.29 is 4.42 Å². The van der Waals surface area contributed by atoms with Crippen LogP contribution in [0.3, 0.4) is 0 Å². The fourth-order valence-corrected chi connectivity index (χ4v) is 1.25. The highest BCUT2D eigenvalue weighted by atomic mass is 16.4. The minimum Gasteiger partial charge on any atom is -0.408 e. The predicted octanol–water partition coefficient (Wildman–Crippen LogP) is 0.710. The van der Waals surface area contributed by atoms with E-state index in [9.17, 15) is 4.79 Å². The largest absolute Gasteiger partial charge is 0.417 e. The first-order valence-electron chi connectivity index (χ1n) is 4.31. The summed E-state index contributed by atoms with van der Waals surface area (Å²) in [6, 6.07) is 5.44. The first-order valence-corrected chi connectivity index (χ1v) is 4.31. The zero-order valence-electron chi connectivity index (χ0n) is 7.76. The molecule has 74 valence electrons. The summed E-state index contributed by atoms with van der Waals surface area (Å²) in [4.78, 5) is 13.5. The maximum Gasteiger partial charge on any atom is 0.417 e. The molecule has 0 aliphatic carbocycles. The van der Waals surface area contributed by atoms with Crippen molar-refractivity contribution in [3.63, 3.8) is 0 Å². The zero-order chi connectivity index (χ0) is 9.97. The summed E-state index contributed by atoms with van der Waals surface area (Å²) < 4.78 is 4.87. The van der Waals surface area contributed by atoms with Gasteiger partial charge in [-0.3, -0.25) is 4.98 Å². The molecule has 0 fully saturated rings. The number of fused-ring (bicyclic) bond motifs is 1. The van der Waals surface area contributed by atoms with Crippen molar-refractivity contribution >= 4 is 16.8 Å². The summed E-state index contributed by atoms with van der Waals surface area (Å²) in [6.45, 7) is 0.674. The molecule has 0 atom stereocenters. The number of aromatic nitrogens is 1. The number of anilines is 1. The molecule has 14 heavy (non-hydrogen) atoms. The number of oxazole rings is 1. The Morgan fingerprint density at radius 3 is 3.14 bits per heavy atom. The van der Waals surface area contributed by atoms with Crippen molar-refractivity contribution in [3.05, 3.63) is 28.7 Å². The fraction of sp³-hybridized carbons (Fsp3) is 0.222. The molecule has 0 unspecified atom stereocenters.